The Kier molecular flexibility index (Phi) is 6.04. The molecule has 0 atom stereocenters. The number of thioether (sulfide) groups is 1. The summed E-state index contributed by atoms with van der Waals surface area (Å²) >= 11 is 1.65. The molecule has 0 unspecified atom stereocenters. The predicted octanol–water partition coefficient (Wildman–Crippen LogP) is 5.16. The highest BCUT2D eigenvalue weighted by Crippen LogP contribution is 2.28. The van der Waals surface area contributed by atoms with Crippen molar-refractivity contribution in [3.8, 4) is 17.3 Å². The van der Waals surface area contributed by atoms with Crippen LogP contribution in [-0.2, 0) is 6.54 Å². The van der Waals surface area contributed by atoms with Crippen molar-refractivity contribution in [2.24, 2.45) is 0 Å². The Balaban J connectivity index is 1.62. The van der Waals surface area contributed by atoms with Crippen molar-refractivity contribution in [1.82, 2.24) is 14.8 Å². The maximum Gasteiger partial charge on any atom is 0.200 e. The van der Waals surface area contributed by atoms with Crippen LogP contribution < -0.4 is 4.74 Å². The fraction of sp³-hybridized carbons (Fsp3) is 0.400. The zero-order chi connectivity index (χ0) is 18.5. The molecule has 0 fully saturated rings. The molecule has 138 valence electrons. The molecule has 6 heteroatoms. The van der Waals surface area contributed by atoms with Gasteiger partial charge in [0.15, 0.2) is 16.7 Å². The van der Waals surface area contributed by atoms with E-state index < -0.39 is 0 Å². The lowest BCUT2D eigenvalue weighted by Gasteiger charge is -2.14. The van der Waals surface area contributed by atoms with Crippen molar-refractivity contribution < 1.29 is 9.15 Å². The summed E-state index contributed by atoms with van der Waals surface area (Å²) in [5, 5.41) is 9.47. The van der Waals surface area contributed by atoms with E-state index in [4.69, 9.17) is 9.15 Å². The number of benzene rings is 1. The second-order valence-electron chi connectivity index (χ2n) is 6.42. The van der Waals surface area contributed by atoms with E-state index >= 15 is 0 Å². The molecule has 0 amide bonds. The van der Waals surface area contributed by atoms with E-state index in [9.17, 15) is 0 Å². The minimum absolute atomic E-state index is 0.442. The lowest BCUT2D eigenvalue weighted by atomic mass is 10.0. The number of aromatic nitrogens is 3. The molecule has 0 aliphatic heterocycles. The number of ether oxygens (including phenoxy) is 1. The molecule has 0 saturated heterocycles. The van der Waals surface area contributed by atoms with E-state index in [2.05, 4.69) is 60.7 Å². The van der Waals surface area contributed by atoms with Crippen LogP contribution in [0.25, 0.3) is 11.6 Å². The van der Waals surface area contributed by atoms with Gasteiger partial charge in [0.2, 0.25) is 0 Å². The smallest absolute Gasteiger partial charge is 0.200 e. The number of hydrogen-bond donors (Lipinski definition) is 0. The van der Waals surface area contributed by atoms with Gasteiger partial charge in [0, 0.05) is 12.3 Å². The zero-order valence-electron chi connectivity index (χ0n) is 15.7. The van der Waals surface area contributed by atoms with E-state index in [1.807, 2.05) is 12.1 Å². The van der Waals surface area contributed by atoms with Crippen molar-refractivity contribution in [2.45, 2.75) is 45.3 Å². The molecule has 0 spiro atoms. The molecule has 1 aromatic carbocycles. The molecule has 2 aromatic heterocycles. The fourth-order valence-electron chi connectivity index (χ4n) is 2.80. The normalized spacial score (nSPS) is 11.3. The van der Waals surface area contributed by atoms with Gasteiger partial charge in [-0.1, -0.05) is 37.7 Å². The van der Waals surface area contributed by atoms with Crippen LogP contribution in [0.2, 0.25) is 0 Å². The van der Waals surface area contributed by atoms with Gasteiger partial charge in [-0.2, -0.15) is 0 Å². The van der Waals surface area contributed by atoms with Crippen molar-refractivity contribution in [3.05, 3.63) is 47.7 Å². The first kappa shape index (κ1) is 18.6. The average Bonchev–Trinajstić information content (AvgIpc) is 3.27. The maximum absolute atomic E-state index is 6.06. The highest BCUT2D eigenvalue weighted by atomic mass is 32.2. The number of nitrogens with zero attached hydrogens (tertiary/aromatic N) is 3. The topological polar surface area (TPSA) is 53.1 Å². The van der Waals surface area contributed by atoms with E-state index in [1.165, 1.54) is 11.1 Å². The summed E-state index contributed by atoms with van der Waals surface area (Å²) in [7, 11) is 0. The predicted molar refractivity (Wildman–Crippen MR) is 105 cm³/mol. The Labute approximate surface area is 158 Å². The van der Waals surface area contributed by atoms with Gasteiger partial charge < -0.3 is 9.15 Å². The van der Waals surface area contributed by atoms with Gasteiger partial charge in [0.05, 0.1) is 12.9 Å². The van der Waals surface area contributed by atoms with Crippen LogP contribution in [0.4, 0.5) is 0 Å². The van der Waals surface area contributed by atoms with Gasteiger partial charge in [0.1, 0.15) is 5.75 Å². The monoisotopic (exact) mass is 371 g/mol. The van der Waals surface area contributed by atoms with E-state index in [0.717, 1.165) is 34.8 Å². The van der Waals surface area contributed by atoms with Gasteiger partial charge in [-0.3, -0.25) is 4.57 Å². The molecule has 5 nitrogen and oxygen atoms in total. The molecular weight excluding hydrogens is 346 g/mol. The third-order valence-corrected chi connectivity index (χ3v) is 5.07. The molecule has 0 saturated carbocycles. The summed E-state index contributed by atoms with van der Waals surface area (Å²) in [5.41, 5.74) is 2.46. The Morgan fingerprint density at radius 2 is 2.08 bits per heavy atom. The first-order chi connectivity index (χ1) is 12.6. The second-order valence-corrected chi connectivity index (χ2v) is 7.48. The Morgan fingerprint density at radius 1 is 1.23 bits per heavy atom. The quantitative estimate of drug-likeness (QED) is 0.404. The average molecular weight is 372 g/mol. The summed E-state index contributed by atoms with van der Waals surface area (Å²) in [6, 6.07) is 10.2. The van der Waals surface area contributed by atoms with Gasteiger partial charge >= 0.3 is 0 Å². The van der Waals surface area contributed by atoms with Crippen LogP contribution >= 0.6 is 11.8 Å². The summed E-state index contributed by atoms with van der Waals surface area (Å²) < 4.78 is 13.6. The van der Waals surface area contributed by atoms with Crippen LogP contribution in [0.5, 0.6) is 5.75 Å². The van der Waals surface area contributed by atoms with E-state index in [-0.39, 0.29) is 0 Å². The van der Waals surface area contributed by atoms with Crippen molar-refractivity contribution in [3.63, 3.8) is 0 Å². The van der Waals surface area contributed by atoms with Gasteiger partial charge in [-0.05, 0) is 49.1 Å². The number of aryl methyl sites for hydroxylation is 1. The molecule has 0 N–H and O–H groups in total. The SMILES string of the molecule is CCn1c(SCCOc2cc(C)ccc2C(C)C)nnc1-c1ccco1. The third-order valence-electron chi connectivity index (χ3n) is 4.14. The van der Waals surface area contributed by atoms with Crippen molar-refractivity contribution in [2.75, 3.05) is 12.4 Å². The van der Waals surface area contributed by atoms with Crippen LogP contribution in [0, 0.1) is 6.92 Å². The Hall–Kier alpha value is -2.21. The highest BCUT2D eigenvalue weighted by molar-refractivity contribution is 7.99. The Morgan fingerprint density at radius 3 is 2.77 bits per heavy atom. The summed E-state index contributed by atoms with van der Waals surface area (Å²) in [6.45, 7) is 9.96. The van der Waals surface area contributed by atoms with E-state index in [1.54, 1.807) is 18.0 Å². The van der Waals surface area contributed by atoms with Gasteiger partial charge in [0.25, 0.3) is 0 Å². The van der Waals surface area contributed by atoms with Crippen LogP contribution in [0.1, 0.15) is 37.8 Å². The van der Waals surface area contributed by atoms with Crippen LogP contribution in [0.15, 0.2) is 46.2 Å². The molecule has 0 aliphatic carbocycles. The molecule has 0 radical (unpaired) electrons. The lowest BCUT2D eigenvalue weighted by molar-refractivity contribution is 0.338. The van der Waals surface area contributed by atoms with Crippen molar-refractivity contribution in [1.29, 1.82) is 0 Å². The summed E-state index contributed by atoms with van der Waals surface area (Å²) in [6.07, 6.45) is 1.65. The minimum Gasteiger partial charge on any atom is -0.492 e. The minimum atomic E-state index is 0.442. The Bertz CT molecular complexity index is 841. The zero-order valence-corrected chi connectivity index (χ0v) is 16.5. The first-order valence-electron chi connectivity index (χ1n) is 8.93. The van der Waals surface area contributed by atoms with E-state index in [0.29, 0.717) is 12.5 Å². The standard InChI is InChI=1S/C20H25N3O2S/c1-5-23-19(17-7-6-10-24-17)21-22-20(23)26-12-11-25-18-13-15(4)8-9-16(18)14(2)3/h6-10,13-14H,5,11-12H2,1-4H3. The third kappa shape index (κ3) is 4.12. The number of hydrogen-bond acceptors (Lipinski definition) is 5. The number of rotatable bonds is 8. The lowest BCUT2D eigenvalue weighted by Crippen LogP contribution is -2.05. The molecule has 26 heavy (non-hydrogen) atoms. The molecule has 3 rings (SSSR count). The molecule has 3 aromatic rings. The fourth-order valence-corrected chi connectivity index (χ4v) is 3.62. The van der Waals surface area contributed by atoms with Crippen LogP contribution in [-0.4, -0.2) is 27.1 Å². The van der Waals surface area contributed by atoms with Crippen LogP contribution in [0.3, 0.4) is 0 Å². The van der Waals surface area contributed by atoms with Gasteiger partial charge in [-0.25, -0.2) is 0 Å². The molecular formula is C20H25N3O2S. The maximum atomic E-state index is 6.06. The van der Waals surface area contributed by atoms with Gasteiger partial charge in [-0.15, -0.1) is 10.2 Å². The molecule has 2 heterocycles. The molecule has 0 bridgehead atoms. The second kappa shape index (κ2) is 8.45. The summed E-state index contributed by atoms with van der Waals surface area (Å²) in [4.78, 5) is 0. The summed E-state index contributed by atoms with van der Waals surface area (Å²) in [5.74, 6) is 3.73. The molecule has 0 aliphatic rings. The highest BCUT2D eigenvalue weighted by Gasteiger charge is 2.15. The first-order valence-corrected chi connectivity index (χ1v) is 9.92. The number of furan rings is 1. The van der Waals surface area contributed by atoms with Crippen molar-refractivity contribution >= 4 is 11.8 Å². The largest absolute Gasteiger partial charge is 0.492 e.